The fourth-order valence-corrected chi connectivity index (χ4v) is 3.85. The average molecular weight is 459 g/mol. The molecule has 0 N–H and O–H groups in total. The standard InChI is InChI=1S/C24H18ClF3N2O2/c1-15-22(31)29(14-16-6-10-18(11-7-16)24(26,27)28)20-4-2-3-5-21(20)30(15)23(32)17-8-12-19(25)13-9-17/h2-13,15H,14H2,1H3/t15-/m0/s1. The first-order valence-corrected chi connectivity index (χ1v) is 10.2. The Hall–Kier alpha value is -3.32. The van der Waals surface area contributed by atoms with Crippen LogP contribution in [0.1, 0.15) is 28.4 Å². The number of para-hydroxylation sites is 2. The summed E-state index contributed by atoms with van der Waals surface area (Å²) in [6.07, 6.45) is -4.43. The monoisotopic (exact) mass is 458 g/mol. The van der Waals surface area contributed by atoms with Crippen molar-refractivity contribution in [3.63, 3.8) is 0 Å². The molecule has 0 bridgehead atoms. The van der Waals surface area contributed by atoms with Crippen molar-refractivity contribution in [3.8, 4) is 0 Å². The number of nitrogens with zero attached hydrogens (tertiary/aromatic N) is 2. The molecule has 0 spiro atoms. The molecule has 0 aromatic heterocycles. The summed E-state index contributed by atoms with van der Waals surface area (Å²) in [7, 11) is 0. The van der Waals surface area contributed by atoms with E-state index in [0.29, 0.717) is 27.5 Å². The zero-order valence-corrected chi connectivity index (χ0v) is 17.7. The van der Waals surface area contributed by atoms with E-state index in [-0.39, 0.29) is 18.4 Å². The first-order chi connectivity index (χ1) is 15.2. The van der Waals surface area contributed by atoms with E-state index in [1.54, 1.807) is 55.5 Å². The summed E-state index contributed by atoms with van der Waals surface area (Å²) in [5.41, 5.74) is 1.25. The van der Waals surface area contributed by atoms with Gasteiger partial charge in [0.25, 0.3) is 5.91 Å². The van der Waals surface area contributed by atoms with E-state index in [9.17, 15) is 22.8 Å². The number of alkyl halides is 3. The van der Waals surface area contributed by atoms with Crippen LogP contribution in [0.3, 0.4) is 0 Å². The summed E-state index contributed by atoms with van der Waals surface area (Å²) < 4.78 is 38.6. The molecule has 1 aliphatic rings. The Morgan fingerprint density at radius 1 is 0.938 bits per heavy atom. The SMILES string of the molecule is C[C@H]1C(=O)N(Cc2ccc(C(F)(F)F)cc2)c2ccccc2N1C(=O)c1ccc(Cl)cc1. The number of amides is 2. The minimum absolute atomic E-state index is 0.0846. The van der Waals surface area contributed by atoms with Crippen LogP contribution in [0.2, 0.25) is 5.02 Å². The quantitative estimate of drug-likeness (QED) is 0.487. The third kappa shape index (κ3) is 4.08. The molecule has 0 radical (unpaired) electrons. The third-order valence-corrected chi connectivity index (χ3v) is 5.63. The van der Waals surface area contributed by atoms with Crippen molar-refractivity contribution in [2.24, 2.45) is 0 Å². The number of carbonyl (C=O) groups excluding carboxylic acids is 2. The second-order valence-electron chi connectivity index (χ2n) is 7.47. The molecule has 32 heavy (non-hydrogen) atoms. The van der Waals surface area contributed by atoms with Gasteiger partial charge in [0.15, 0.2) is 0 Å². The maximum Gasteiger partial charge on any atom is 0.416 e. The van der Waals surface area contributed by atoms with Crippen molar-refractivity contribution < 1.29 is 22.8 Å². The Labute approximate surface area is 187 Å². The Bertz CT molecular complexity index is 1160. The molecule has 3 aromatic carbocycles. The van der Waals surface area contributed by atoms with Gasteiger partial charge in [0.05, 0.1) is 23.5 Å². The Morgan fingerprint density at radius 2 is 1.53 bits per heavy atom. The van der Waals surface area contributed by atoms with Gasteiger partial charge in [-0.05, 0) is 61.0 Å². The molecular formula is C24H18ClF3N2O2. The molecule has 3 aromatic rings. The van der Waals surface area contributed by atoms with E-state index in [4.69, 9.17) is 11.6 Å². The van der Waals surface area contributed by atoms with Crippen LogP contribution < -0.4 is 9.80 Å². The predicted octanol–water partition coefficient (Wildman–Crippen LogP) is 5.94. The van der Waals surface area contributed by atoms with Gasteiger partial charge in [-0.2, -0.15) is 13.2 Å². The number of hydrogen-bond donors (Lipinski definition) is 0. The van der Waals surface area contributed by atoms with Gasteiger partial charge in [-0.15, -0.1) is 0 Å². The van der Waals surface area contributed by atoms with Gasteiger partial charge in [0.1, 0.15) is 6.04 Å². The average Bonchev–Trinajstić information content (AvgIpc) is 2.77. The van der Waals surface area contributed by atoms with Gasteiger partial charge in [-0.1, -0.05) is 35.9 Å². The molecule has 0 aliphatic carbocycles. The summed E-state index contributed by atoms with van der Waals surface area (Å²) in [6, 6.07) is 17.3. The fourth-order valence-electron chi connectivity index (χ4n) is 3.72. The van der Waals surface area contributed by atoms with Gasteiger partial charge in [-0.25, -0.2) is 0 Å². The van der Waals surface area contributed by atoms with Crippen molar-refractivity contribution >= 4 is 34.8 Å². The lowest BCUT2D eigenvalue weighted by Gasteiger charge is -2.40. The number of fused-ring (bicyclic) bond motifs is 1. The first-order valence-electron chi connectivity index (χ1n) is 9.82. The molecule has 1 atom stereocenters. The van der Waals surface area contributed by atoms with E-state index in [0.717, 1.165) is 12.1 Å². The molecule has 0 fully saturated rings. The largest absolute Gasteiger partial charge is 0.416 e. The molecule has 8 heteroatoms. The minimum Gasteiger partial charge on any atom is -0.304 e. The van der Waals surface area contributed by atoms with E-state index in [1.165, 1.54) is 21.9 Å². The van der Waals surface area contributed by atoms with Gasteiger partial charge in [0.2, 0.25) is 5.91 Å². The van der Waals surface area contributed by atoms with Crippen LogP contribution in [0.5, 0.6) is 0 Å². The summed E-state index contributed by atoms with van der Waals surface area (Å²) in [6.45, 7) is 1.72. The highest BCUT2D eigenvalue weighted by Gasteiger charge is 2.39. The molecule has 0 unspecified atom stereocenters. The Morgan fingerprint density at radius 3 is 2.12 bits per heavy atom. The summed E-state index contributed by atoms with van der Waals surface area (Å²) >= 11 is 5.92. The molecule has 0 saturated heterocycles. The van der Waals surface area contributed by atoms with Crippen LogP contribution >= 0.6 is 11.6 Å². The molecule has 4 nitrogen and oxygen atoms in total. The van der Waals surface area contributed by atoms with Crippen molar-refractivity contribution in [3.05, 3.63) is 94.5 Å². The highest BCUT2D eigenvalue weighted by molar-refractivity contribution is 6.30. The predicted molar refractivity (Wildman–Crippen MR) is 117 cm³/mol. The van der Waals surface area contributed by atoms with Crippen molar-refractivity contribution in [1.82, 2.24) is 0 Å². The second-order valence-corrected chi connectivity index (χ2v) is 7.90. The minimum atomic E-state index is -4.43. The summed E-state index contributed by atoms with van der Waals surface area (Å²) in [5.74, 6) is -0.671. The lowest BCUT2D eigenvalue weighted by atomic mass is 10.0. The summed E-state index contributed by atoms with van der Waals surface area (Å²) in [5, 5.41) is 0.493. The molecule has 2 amide bonds. The molecule has 4 rings (SSSR count). The maximum absolute atomic E-state index is 13.2. The molecule has 1 aliphatic heterocycles. The number of benzene rings is 3. The fraction of sp³-hybridized carbons (Fsp3) is 0.167. The van der Waals surface area contributed by atoms with Gasteiger partial charge < -0.3 is 4.90 Å². The molecular weight excluding hydrogens is 441 g/mol. The lowest BCUT2D eigenvalue weighted by Crippen LogP contribution is -2.54. The lowest BCUT2D eigenvalue weighted by molar-refractivity contribution is -0.137. The van der Waals surface area contributed by atoms with Gasteiger partial charge in [-0.3, -0.25) is 14.5 Å². The molecule has 0 saturated carbocycles. The maximum atomic E-state index is 13.2. The van der Waals surface area contributed by atoms with Crippen LogP contribution in [-0.4, -0.2) is 17.9 Å². The number of halogens is 4. The molecule has 1 heterocycles. The third-order valence-electron chi connectivity index (χ3n) is 5.37. The van der Waals surface area contributed by atoms with Crippen LogP contribution in [-0.2, 0) is 17.5 Å². The number of anilines is 2. The number of rotatable bonds is 3. The van der Waals surface area contributed by atoms with E-state index < -0.39 is 17.8 Å². The van der Waals surface area contributed by atoms with Gasteiger partial charge >= 0.3 is 6.18 Å². The van der Waals surface area contributed by atoms with Crippen molar-refractivity contribution in [2.45, 2.75) is 25.7 Å². The Kier molecular flexibility index (Phi) is 5.69. The Balaban J connectivity index is 1.68. The highest BCUT2D eigenvalue weighted by atomic mass is 35.5. The normalized spacial score (nSPS) is 16.2. The van der Waals surface area contributed by atoms with Crippen LogP contribution in [0, 0.1) is 0 Å². The van der Waals surface area contributed by atoms with Gasteiger partial charge in [0, 0.05) is 10.6 Å². The van der Waals surface area contributed by atoms with Crippen molar-refractivity contribution in [1.29, 1.82) is 0 Å². The summed E-state index contributed by atoms with van der Waals surface area (Å²) in [4.78, 5) is 29.4. The smallest absolute Gasteiger partial charge is 0.304 e. The van der Waals surface area contributed by atoms with Crippen LogP contribution in [0.4, 0.5) is 24.5 Å². The van der Waals surface area contributed by atoms with E-state index in [1.807, 2.05) is 0 Å². The zero-order chi connectivity index (χ0) is 23.0. The van der Waals surface area contributed by atoms with E-state index in [2.05, 4.69) is 0 Å². The topological polar surface area (TPSA) is 40.6 Å². The highest BCUT2D eigenvalue weighted by Crippen LogP contribution is 2.38. The van der Waals surface area contributed by atoms with Crippen LogP contribution in [0.25, 0.3) is 0 Å². The number of carbonyl (C=O) groups is 2. The first kappa shape index (κ1) is 21.9. The number of hydrogen-bond acceptors (Lipinski definition) is 2. The van der Waals surface area contributed by atoms with Crippen LogP contribution in [0.15, 0.2) is 72.8 Å². The van der Waals surface area contributed by atoms with E-state index >= 15 is 0 Å². The molecule has 164 valence electrons. The second kappa shape index (κ2) is 8.31. The van der Waals surface area contributed by atoms with Crippen molar-refractivity contribution in [2.75, 3.05) is 9.80 Å². The zero-order valence-electron chi connectivity index (χ0n) is 16.9.